The van der Waals surface area contributed by atoms with Gasteiger partial charge in [-0.3, -0.25) is 25.1 Å². The Morgan fingerprint density at radius 2 is 2.03 bits per heavy atom. The van der Waals surface area contributed by atoms with E-state index in [2.05, 4.69) is 36.9 Å². The highest BCUT2D eigenvalue weighted by Crippen LogP contribution is 2.20. The Balaban J connectivity index is 1.64. The average Bonchev–Trinajstić information content (AvgIpc) is 3.23. The van der Waals surface area contributed by atoms with Gasteiger partial charge in [0, 0.05) is 33.0 Å². The zero-order valence-electron chi connectivity index (χ0n) is 15.8. The Hall–Kier alpha value is -2.84. The van der Waals surface area contributed by atoms with Gasteiger partial charge in [0.1, 0.15) is 5.69 Å². The molecule has 0 saturated carbocycles. The molecule has 0 atom stereocenters. The summed E-state index contributed by atoms with van der Waals surface area (Å²) >= 11 is 9.48. The number of aryl methyl sites for hydroxylation is 1. The minimum absolute atomic E-state index is 0.327. The van der Waals surface area contributed by atoms with Crippen LogP contribution in [0.25, 0.3) is 6.08 Å². The van der Waals surface area contributed by atoms with Crippen LogP contribution in [-0.4, -0.2) is 26.6 Å². The minimum Gasteiger partial charge on any atom is -0.356 e. The summed E-state index contributed by atoms with van der Waals surface area (Å²) in [6.45, 7) is 4.34. The fourth-order valence-corrected chi connectivity index (χ4v) is 3.32. The summed E-state index contributed by atoms with van der Waals surface area (Å²) in [4.78, 5) is 26.7. The molecule has 3 rings (SSSR count). The van der Waals surface area contributed by atoms with Crippen molar-refractivity contribution in [3.63, 3.8) is 0 Å². The minimum atomic E-state index is -0.457. The number of rotatable bonds is 5. The molecule has 1 aromatic carbocycles. The lowest BCUT2D eigenvalue weighted by Gasteiger charge is -2.06. The third kappa shape index (κ3) is 5.16. The summed E-state index contributed by atoms with van der Waals surface area (Å²) in [6.07, 6.45) is 4.65. The smallest absolute Gasteiger partial charge is 0.286 e. The summed E-state index contributed by atoms with van der Waals surface area (Å²) in [5.41, 5.74) is 8.52. The van der Waals surface area contributed by atoms with Crippen LogP contribution in [0.1, 0.15) is 33.0 Å². The number of nitrogens with zero attached hydrogens (tertiary/aromatic N) is 2. The van der Waals surface area contributed by atoms with E-state index in [1.165, 1.54) is 6.08 Å². The first-order valence-corrected chi connectivity index (χ1v) is 9.92. The van der Waals surface area contributed by atoms with E-state index in [9.17, 15) is 9.59 Å². The fraction of sp³-hybridized carbons (Fsp3) is 0.150. The Morgan fingerprint density at radius 1 is 1.28 bits per heavy atom. The fourth-order valence-electron chi connectivity index (χ4n) is 2.78. The second-order valence-electron chi connectivity index (χ2n) is 6.34. The first-order valence-electron chi connectivity index (χ1n) is 8.75. The number of aromatic nitrogens is 3. The van der Waals surface area contributed by atoms with Crippen LogP contribution in [0, 0.1) is 13.8 Å². The molecule has 3 N–H and O–H groups in total. The monoisotopic (exact) mass is 475 g/mol. The van der Waals surface area contributed by atoms with Crippen LogP contribution in [0.15, 0.2) is 47.1 Å². The van der Waals surface area contributed by atoms with Crippen molar-refractivity contribution < 1.29 is 9.59 Å². The van der Waals surface area contributed by atoms with Gasteiger partial charge in [-0.1, -0.05) is 29.8 Å². The van der Waals surface area contributed by atoms with Crippen LogP contribution in [0.4, 0.5) is 0 Å². The van der Waals surface area contributed by atoms with E-state index in [-0.39, 0.29) is 0 Å². The predicted molar refractivity (Wildman–Crippen MR) is 115 cm³/mol. The molecule has 3 aromatic rings. The standard InChI is InChI=1S/C20H19BrClN5O2/c1-12-16(13(2)27(26-12)11-14-5-3-4-6-17(14)22)7-8-19(28)24-25-20(29)18-9-15(21)10-23-18/h3-10,23H,11H2,1-2H3,(H,24,28)(H,25,29)/b8-7+. The average molecular weight is 477 g/mol. The molecule has 0 aliphatic rings. The summed E-state index contributed by atoms with van der Waals surface area (Å²) < 4.78 is 2.59. The van der Waals surface area contributed by atoms with Crippen LogP contribution < -0.4 is 10.9 Å². The Bertz CT molecular complexity index is 1090. The number of carbonyl (C=O) groups is 2. The molecular formula is C20H19BrClN5O2. The zero-order valence-corrected chi connectivity index (χ0v) is 18.1. The van der Waals surface area contributed by atoms with Crippen LogP contribution in [-0.2, 0) is 11.3 Å². The number of H-pyrrole nitrogens is 1. The van der Waals surface area contributed by atoms with Gasteiger partial charge >= 0.3 is 0 Å². The Kier molecular flexibility index (Phi) is 6.56. The van der Waals surface area contributed by atoms with Gasteiger partial charge in [0.05, 0.1) is 12.2 Å². The van der Waals surface area contributed by atoms with E-state index >= 15 is 0 Å². The number of benzene rings is 1. The highest BCUT2D eigenvalue weighted by Gasteiger charge is 2.12. The molecule has 9 heteroatoms. The SMILES string of the molecule is Cc1nn(Cc2ccccc2Cl)c(C)c1/C=C/C(=O)NNC(=O)c1cc(Br)c[nH]1. The van der Waals surface area contributed by atoms with E-state index in [0.717, 1.165) is 27.0 Å². The highest BCUT2D eigenvalue weighted by atomic mass is 79.9. The van der Waals surface area contributed by atoms with Crippen LogP contribution >= 0.6 is 27.5 Å². The molecular weight excluding hydrogens is 458 g/mol. The summed E-state index contributed by atoms with van der Waals surface area (Å²) in [7, 11) is 0. The second-order valence-corrected chi connectivity index (χ2v) is 7.66. The number of nitrogens with one attached hydrogen (secondary N) is 3. The van der Waals surface area contributed by atoms with E-state index < -0.39 is 11.8 Å². The van der Waals surface area contributed by atoms with Gasteiger partial charge < -0.3 is 4.98 Å². The topological polar surface area (TPSA) is 91.8 Å². The van der Waals surface area contributed by atoms with Gasteiger partial charge in [-0.2, -0.15) is 5.10 Å². The van der Waals surface area contributed by atoms with Crippen molar-refractivity contribution in [2.24, 2.45) is 0 Å². The lowest BCUT2D eigenvalue weighted by molar-refractivity contribution is -0.117. The summed E-state index contributed by atoms with van der Waals surface area (Å²) in [6, 6.07) is 9.21. The van der Waals surface area contributed by atoms with Gasteiger partial charge in [0.25, 0.3) is 11.8 Å². The Morgan fingerprint density at radius 3 is 2.72 bits per heavy atom. The van der Waals surface area contributed by atoms with Crippen molar-refractivity contribution in [1.29, 1.82) is 0 Å². The van der Waals surface area contributed by atoms with Gasteiger partial charge in [-0.15, -0.1) is 0 Å². The molecule has 0 spiro atoms. The number of hydrazine groups is 1. The summed E-state index contributed by atoms with van der Waals surface area (Å²) in [5.74, 6) is -0.904. The molecule has 150 valence electrons. The van der Waals surface area contributed by atoms with Crippen molar-refractivity contribution in [2.75, 3.05) is 0 Å². The number of amides is 2. The van der Waals surface area contributed by atoms with Crippen molar-refractivity contribution >= 4 is 45.4 Å². The molecule has 0 bridgehead atoms. The van der Waals surface area contributed by atoms with Crippen molar-refractivity contribution in [3.05, 3.63) is 80.3 Å². The molecule has 0 fully saturated rings. The number of halogens is 2. The highest BCUT2D eigenvalue weighted by molar-refractivity contribution is 9.10. The van der Waals surface area contributed by atoms with Crippen LogP contribution in [0.5, 0.6) is 0 Å². The number of hydrogen-bond donors (Lipinski definition) is 3. The van der Waals surface area contributed by atoms with Crippen LogP contribution in [0.3, 0.4) is 0 Å². The molecule has 0 unspecified atom stereocenters. The number of carbonyl (C=O) groups excluding carboxylic acids is 2. The molecule has 7 nitrogen and oxygen atoms in total. The van der Waals surface area contributed by atoms with Crippen molar-refractivity contribution in [3.8, 4) is 0 Å². The molecule has 2 amide bonds. The maximum atomic E-state index is 12.0. The maximum absolute atomic E-state index is 12.0. The lowest BCUT2D eigenvalue weighted by atomic mass is 10.1. The van der Waals surface area contributed by atoms with E-state index in [1.54, 1.807) is 18.3 Å². The van der Waals surface area contributed by atoms with E-state index in [4.69, 9.17) is 11.6 Å². The van der Waals surface area contributed by atoms with Gasteiger partial charge in [0.2, 0.25) is 0 Å². The van der Waals surface area contributed by atoms with E-state index in [0.29, 0.717) is 17.3 Å². The normalized spacial score (nSPS) is 11.0. The number of hydrogen-bond acceptors (Lipinski definition) is 3. The third-order valence-electron chi connectivity index (χ3n) is 4.31. The number of aromatic amines is 1. The molecule has 0 saturated heterocycles. The molecule has 0 aliphatic heterocycles. The first kappa shape index (κ1) is 20.9. The van der Waals surface area contributed by atoms with Gasteiger partial charge in [0.15, 0.2) is 0 Å². The van der Waals surface area contributed by atoms with Crippen molar-refractivity contribution in [2.45, 2.75) is 20.4 Å². The van der Waals surface area contributed by atoms with Crippen molar-refractivity contribution in [1.82, 2.24) is 25.6 Å². The van der Waals surface area contributed by atoms with Gasteiger partial charge in [-0.25, -0.2) is 0 Å². The first-order chi connectivity index (χ1) is 13.8. The molecule has 29 heavy (non-hydrogen) atoms. The predicted octanol–water partition coefficient (Wildman–Crippen LogP) is 3.77. The molecule has 0 aliphatic carbocycles. The Labute approximate surface area is 181 Å². The second kappa shape index (κ2) is 9.11. The lowest BCUT2D eigenvalue weighted by Crippen LogP contribution is -2.40. The largest absolute Gasteiger partial charge is 0.356 e. The van der Waals surface area contributed by atoms with Crippen LogP contribution in [0.2, 0.25) is 5.02 Å². The third-order valence-corrected chi connectivity index (χ3v) is 5.13. The molecule has 2 aromatic heterocycles. The zero-order chi connectivity index (χ0) is 21.0. The van der Waals surface area contributed by atoms with Gasteiger partial charge in [-0.05, 0) is 53.5 Å². The summed E-state index contributed by atoms with van der Waals surface area (Å²) in [5, 5.41) is 5.22. The van der Waals surface area contributed by atoms with E-state index in [1.807, 2.05) is 42.8 Å². The maximum Gasteiger partial charge on any atom is 0.286 e. The molecule has 0 radical (unpaired) electrons. The quantitative estimate of drug-likeness (QED) is 0.387. The molecule has 2 heterocycles.